The highest BCUT2D eigenvalue weighted by Crippen LogP contribution is 2.26. The Morgan fingerprint density at radius 3 is 2.87 bits per heavy atom. The van der Waals surface area contributed by atoms with Crippen LogP contribution in [0.5, 0.6) is 0 Å². The van der Waals surface area contributed by atoms with E-state index < -0.39 is 0 Å². The van der Waals surface area contributed by atoms with Gasteiger partial charge in [-0.15, -0.1) is 0 Å². The molecule has 0 spiro atoms. The van der Waals surface area contributed by atoms with Gasteiger partial charge in [0.25, 0.3) is 5.69 Å². The number of nitro groups is 1. The highest BCUT2D eigenvalue weighted by molar-refractivity contribution is 9.10. The van der Waals surface area contributed by atoms with Crippen molar-refractivity contribution < 1.29 is 4.92 Å². The third kappa shape index (κ3) is 2.76. The van der Waals surface area contributed by atoms with E-state index in [0.29, 0.717) is 17.1 Å². The molecule has 0 saturated heterocycles. The maximum atomic E-state index is 10.7. The van der Waals surface area contributed by atoms with E-state index in [1.807, 2.05) is 6.07 Å². The van der Waals surface area contributed by atoms with Gasteiger partial charge in [-0.25, -0.2) is 0 Å². The largest absolute Gasteiger partial charge is 0.310 e. The second-order valence-corrected chi connectivity index (χ2v) is 4.55. The number of nitrogens with one attached hydrogen (secondary N) is 1. The van der Waals surface area contributed by atoms with E-state index in [1.54, 1.807) is 12.1 Å². The Balaban J connectivity index is 2.10. The molecular weight excluding hydrogens is 260 g/mol. The summed E-state index contributed by atoms with van der Waals surface area (Å²) >= 11 is 3.16. The van der Waals surface area contributed by atoms with Gasteiger partial charge in [0, 0.05) is 18.7 Å². The van der Waals surface area contributed by atoms with Crippen LogP contribution in [0.4, 0.5) is 5.69 Å². The van der Waals surface area contributed by atoms with Crippen molar-refractivity contribution in [3.05, 3.63) is 38.3 Å². The number of hydrogen-bond donors (Lipinski definition) is 1. The van der Waals surface area contributed by atoms with Gasteiger partial charge in [0.2, 0.25) is 0 Å². The van der Waals surface area contributed by atoms with E-state index in [4.69, 9.17) is 0 Å². The van der Waals surface area contributed by atoms with Gasteiger partial charge in [-0.3, -0.25) is 10.1 Å². The number of rotatable bonds is 4. The SMILES string of the molecule is O=[N+]([O-])c1cc(CNC2CC2)ccc1Br. The summed E-state index contributed by atoms with van der Waals surface area (Å²) < 4.78 is 0.530. The normalized spacial score (nSPS) is 15.3. The highest BCUT2D eigenvalue weighted by Gasteiger charge is 2.20. The summed E-state index contributed by atoms with van der Waals surface area (Å²) in [6.45, 7) is 0.707. The topological polar surface area (TPSA) is 55.2 Å². The molecule has 0 amide bonds. The first-order chi connectivity index (χ1) is 7.16. The fourth-order valence-corrected chi connectivity index (χ4v) is 1.75. The molecule has 2 rings (SSSR count). The first kappa shape index (κ1) is 10.6. The van der Waals surface area contributed by atoms with E-state index in [2.05, 4.69) is 21.2 Å². The Kier molecular flexibility index (Phi) is 3.02. The lowest BCUT2D eigenvalue weighted by Crippen LogP contribution is -2.15. The first-order valence-electron chi connectivity index (χ1n) is 4.83. The van der Waals surface area contributed by atoms with E-state index in [1.165, 1.54) is 12.8 Å². The van der Waals surface area contributed by atoms with Crippen LogP contribution in [0.3, 0.4) is 0 Å². The van der Waals surface area contributed by atoms with Crippen molar-refractivity contribution in [1.29, 1.82) is 0 Å². The maximum absolute atomic E-state index is 10.7. The summed E-state index contributed by atoms with van der Waals surface area (Å²) in [4.78, 5) is 10.3. The van der Waals surface area contributed by atoms with Crippen molar-refractivity contribution in [1.82, 2.24) is 5.32 Å². The fraction of sp³-hybridized carbons (Fsp3) is 0.400. The molecule has 0 atom stereocenters. The molecule has 0 aliphatic heterocycles. The van der Waals surface area contributed by atoms with Gasteiger partial charge >= 0.3 is 0 Å². The third-order valence-corrected chi connectivity index (χ3v) is 3.05. The summed E-state index contributed by atoms with van der Waals surface area (Å²) in [5.74, 6) is 0. The lowest BCUT2D eigenvalue weighted by Gasteiger charge is -2.03. The number of hydrogen-bond acceptors (Lipinski definition) is 3. The smallest absolute Gasteiger partial charge is 0.283 e. The minimum absolute atomic E-state index is 0.130. The van der Waals surface area contributed by atoms with Gasteiger partial charge < -0.3 is 5.32 Å². The minimum Gasteiger partial charge on any atom is -0.310 e. The summed E-state index contributed by atoms with van der Waals surface area (Å²) in [5, 5.41) is 14.0. The van der Waals surface area contributed by atoms with Gasteiger partial charge in [0.1, 0.15) is 0 Å². The molecule has 0 bridgehead atoms. The van der Waals surface area contributed by atoms with Crippen molar-refractivity contribution in [2.45, 2.75) is 25.4 Å². The van der Waals surface area contributed by atoms with Crippen LogP contribution in [-0.2, 0) is 6.54 Å². The highest BCUT2D eigenvalue weighted by atomic mass is 79.9. The first-order valence-corrected chi connectivity index (χ1v) is 5.62. The number of nitro benzene ring substituents is 1. The average molecular weight is 271 g/mol. The van der Waals surface area contributed by atoms with Gasteiger partial charge in [-0.2, -0.15) is 0 Å². The van der Waals surface area contributed by atoms with Gasteiger partial charge in [-0.05, 0) is 40.4 Å². The molecule has 80 valence electrons. The van der Waals surface area contributed by atoms with Crippen LogP contribution < -0.4 is 5.32 Å². The predicted molar refractivity (Wildman–Crippen MR) is 60.7 cm³/mol. The molecule has 1 aromatic rings. The number of nitrogens with zero attached hydrogens (tertiary/aromatic N) is 1. The van der Waals surface area contributed by atoms with E-state index in [0.717, 1.165) is 5.56 Å². The van der Waals surface area contributed by atoms with Crippen LogP contribution in [0, 0.1) is 10.1 Å². The average Bonchev–Trinajstić information content (AvgIpc) is 3.00. The standard InChI is InChI=1S/C10H11BrN2O2/c11-9-4-1-7(5-10(9)13(14)15)6-12-8-2-3-8/h1,4-5,8,12H,2-3,6H2. The van der Waals surface area contributed by atoms with Gasteiger partial charge in [0.15, 0.2) is 0 Å². The van der Waals surface area contributed by atoms with Crippen LogP contribution in [0.1, 0.15) is 18.4 Å². The Hall–Kier alpha value is -0.940. The molecule has 4 nitrogen and oxygen atoms in total. The Morgan fingerprint density at radius 1 is 1.53 bits per heavy atom. The van der Waals surface area contributed by atoms with Crippen LogP contribution >= 0.6 is 15.9 Å². The molecule has 0 heterocycles. The molecule has 1 fully saturated rings. The lowest BCUT2D eigenvalue weighted by molar-refractivity contribution is -0.385. The molecule has 5 heteroatoms. The summed E-state index contributed by atoms with van der Waals surface area (Å²) in [7, 11) is 0. The minimum atomic E-state index is -0.370. The van der Waals surface area contributed by atoms with Crippen LogP contribution in [0.25, 0.3) is 0 Å². The molecule has 1 saturated carbocycles. The molecule has 0 radical (unpaired) electrons. The zero-order valence-electron chi connectivity index (χ0n) is 8.07. The van der Waals surface area contributed by atoms with Gasteiger partial charge in [-0.1, -0.05) is 6.07 Å². The van der Waals surface area contributed by atoms with Crippen LogP contribution in [0.2, 0.25) is 0 Å². The zero-order valence-corrected chi connectivity index (χ0v) is 9.66. The van der Waals surface area contributed by atoms with Crippen molar-refractivity contribution in [2.24, 2.45) is 0 Å². The maximum Gasteiger partial charge on any atom is 0.283 e. The predicted octanol–water partition coefficient (Wildman–Crippen LogP) is 2.61. The van der Waals surface area contributed by atoms with Gasteiger partial charge in [0.05, 0.1) is 9.40 Å². The molecule has 1 aliphatic rings. The second kappa shape index (κ2) is 4.28. The van der Waals surface area contributed by atoms with Crippen molar-refractivity contribution >= 4 is 21.6 Å². The Labute approximate surface area is 96.0 Å². The van der Waals surface area contributed by atoms with E-state index in [9.17, 15) is 10.1 Å². The zero-order chi connectivity index (χ0) is 10.8. The molecule has 1 aromatic carbocycles. The lowest BCUT2D eigenvalue weighted by atomic mass is 10.2. The monoisotopic (exact) mass is 270 g/mol. The summed E-state index contributed by atoms with van der Waals surface area (Å²) in [5.41, 5.74) is 1.09. The van der Waals surface area contributed by atoms with Crippen molar-refractivity contribution in [3.63, 3.8) is 0 Å². The summed E-state index contributed by atoms with van der Waals surface area (Å²) in [6.07, 6.45) is 2.44. The Bertz CT molecular complexity index is 391. The quantitative estimate of drug-likeness (QED) is 0.676. The molecular formula is C10H11BrN2O2. The van der Waals surface area contributed by atoms with E-state index >= 15 is 0 Å². The molecule has 0 unspecified atom stereocenters. The molecule has 1 N–H and O–H groups in total. The summed E-state index contributed by atoms with van der Waals surface area (Å²) in [6, 6.07) is 5.85. The van der Waals surface area contributed by atoms with Crippen molar-refractivity contribution in [2.75, 3.05) is 0 Å². The fourth-order valence-electron chi connectivity index (χ4n) is 1.36. The third-order valence-electron chi connectivity index (χ3n) is 2.38. The van der Waals surface area contributed by atoms with Crippen molar-refractivity contribution in [3.8, 4) is 0 Å². The van der Waals surface area contributed by atoms with Crippen LogP contribution in [0.15, 0.2) is 22.7 Å². The van der Waals surface area contributed by atoms with E-state index in [-0.39, 0.29) is 10.6 Å². The molecule has 15 heavy (non-hydrogen) atoms. The molecule has 1 aliphatic carbocycles. The molecule has 0 aromatic heterocycles. The number of benzene rings is 1. The number of halogens is 1. The Morgan fingerprint density at radius 2 is 2.27 bits per heavy atom. The van der Waals surface area contributed by atoms with Crippen LogP contribution in [-0.4, -0.2) is 11.0 Å². The second-order valence-electron chi connectivity index (χ2n) is 3.70.